The Morgan fingerprint density at radius 3 is 1.97 bits per heavy atom. The van der Waals surface area contributed by atoms with E-state index in [1.54, 1.807) is 6.07 Å². The Morgan fingerprint density at radius 1 is 0.867 bits per heavy atom. The van der Waals surface area contributed by atoms with Crippen LogP contribution in [-0.4, -0.2) is 28.1 Å². The summed E-state index contributed by atoms with van der Waals surface area (Å²) in [6, 6.07) is 11.2. The molecule has 0 aliphatic heterocycles. The summed E-state index contributed by atoms with van der Waals surface area (Å²) in [5.74, 6) is -4.34. The zero-order chi connectivity index (χ0) is 22.3. The molecule has 6 nitrogen and oxygen atoms in total. The molecule has 1 unspecified atom stereocenters. The second-order valence-electron chi connectivity index (χ2n) is 9.22. The van der Waals surface area contributed by atoms with Gasteiger partial charge in [0.2, 0.25) is 5.91 Å². The van der Waals surface area contributed by atoms with E-state index in [-0.39, 0.29) is 16.4 Å². The van der Waals surface area contributed by atoms with Crippen LogP contribution in [0.1, 0.15) is 73.5 Å². The number of benzene rings is 2. The molecule has 0 heterocycles. The van der Waals surface area contributed by atoms with Gasteiger partial charge in [-0.15, -0.1) is 0 Å². The minimum absolute atomic E-state index is 0.00372. The number of anilines is 1. The van der Waals surface area contributed by atoms with Crippen LogP contribution in [0.25, 0.3) is 0 Å². The zero-order valence-corrected chi connectivity index (χ0v) is 17.7. The molecule has 0 fully saturated rings. The number of aromatic carboxylic acids is 1. The monoisotopic (exact) mass is 409 g/mol. The topological polar surface area (TPSA) is 104 Å². The van der Waals surface area contributed by atoms with Gasteiger partial charge in [-0.3, -0.25) is 9.59 Å². The van der Waals surface area contributed by atoms with Gasteiger partial charge in [0.25, 0.3) is 0 Å². The summed E-state index contributed by atoms with van der Waals surface area (Å²) in [6.45, 7) is 8.65. The van der Waals surface area contributed by atoms with Crippen LogP contribution in [-0.2, 0) is 20.4 Å². The number of rotatable bonds is 5. The fraction of sp³-hybridized carbons (Fsp3) is 0.375. The summed E-state index contributed by atoms with van der Waals surface area (Å²) >= 11 is 0. The highest BCUT2D eigenvalue weighted by Crippen LogP contribution is 2.46. The highest BCUT2D eigenvalue weighted by Gasteiger charge is 2.38. The van der Waals surface area contributed by atoms with E-state index in [4.69, 9.17) is 5.11 Å². The maximum Gasteiger partial charge on any atom is 0.335 e. The summed E-state index contributed by atoms with van der Waals surface area (Å²) in [5.41, 5.74) is 3.03. The average Bonchev–Trinajstić information content (AvgIpc) is 2.66. The standard InChI is InChI=1S/C24H27NO5/c1-23(2)11-12-24(3,4)18-13-15(7-10-17(18)23)19(22(29)30)20(26)25-16-8-5-14(6-9-16)21(27)28/h5-10,13,19H,11-12H2,1-4H3,(H,25,26)(H,27,28)(H,29,30). The molecule has 6 heteroatoms. The maximum atomic E-state index is 12.8. The van der Waals surface area contributed by atoms with Crippen LogP contribution in [0.2, 0.25) is 0 Å². The molecular formula is C24H27NO5. The zero-order valence-electron chi connectivity index (χ0n) is 17.7. The van der Waals surface area contributed by atoms with Crippen LogP contribution in [0, 0.1) is 0 Å². The predicted octanol–water partition coefficient (Wildman–Crippen LogP) is 4.54. The van der Waals surface area contributed by atoms with Crippen molar-refractivity contribution in [3.05, 3.63) is 64.7 Å². The maximum absolute atomic E-state index is 12.8. The smallest absolute Gasteiger partial charge is 0.335 e. The second kappa shape index (κ2) is 7.59. The van der Waals surface area contributed by atoms with Crippen molar-refractivity contribution in [2.75, 3.05) is 5.32 Å². The molecule has 0 radical (unpaired) electrons. The van der Waals surface area contributed by atoms with Crippen molar-refractivity contribution in [1.82, 2.24) is 0 Å². The number of carboxylic acid groups (broad SMARTS) is 2. The highest BCUT2D eigenvalue weighted by atomic mass is 16.4. The minimum Gasteiger partial charge on any atom is -0.480 e. The van der Waals surface area contributed by atoms with Gasteiger partial charge in [0.05, 0.1) is 5.56 Å². The van der Waals surface area contributed by atoms with Crippen LogP contribution < -0.4 is 5.32 Å². The molecule has 1 aliphatic rings. The van der Waals surface area contributed by atoms with Crippen molar-refractivity contribution in [3.63, 3.8) is 0 Å². The third-order valence-corrected chi connectivity index (χ3v) is 6.12. The molecule has 30 heavy (non-hydrogen) atoms. The number of carboxylic acids is 2. The quantitative estimate of drug-likeness (QED) is 0.629. The molecular weight excluding hydrogens is 382 g/mol. The van der Waals surface area contributed by atoms with Crippen LogP contribution in [0.4, 0.5) is 5.69 Å². The number of carbonyl (C=O) groups excluding carboxylic acids is 1. The molecule has 0 bridgehead atoms. The SMILES string of the molecule is CC1(C)CCC(C)(C)c2cc(C(C(=O)O)C(=O)Nc3ccc(C(=O)O)cc3)ccc21. The van der Waals surface area contributed by atoms with Gasteiger partial charge < -0.3 is 15.5 Å². The van der Waals surface area contributed by atoms with Crippen molar-refractivity contribution in [3.8, 4) is 0 Å². The van der Waals surface area contributed by atoms with Crippen molar-refractivity contribution >= 4 is 23.5 Å². The lowest BCUT2D eigenvalue weighted by molar-refractivity contribution is -0.141. The van der Waals surface area contributed by atoms with Gasteiger partial charge in [-0.2, -0.15) is 0 Å². The number of hydrogen-bond donors (Lipinski definition) is 3. The minimum atomic E-state index is -1.37. The number of carbonyl (C=O) groups is 3. The molecule has 2 aromatic rings. The number of amides is 1. The Hall–Kier alpha value is -3.15. The van der Waals surface area contributed by atoms with E-state index in [2.05, 4.69) is 33.0 Å². The predicted molar refractivity (Wildman–Crippen MR) is 114 cm³/mol. The summed E-state index contributed by atoms with van der Waals surface area (Å²) in [6.07, 6.45) is 2.03. The highest BCUT2D eigenvalue weighted by molar-refractivity contribution is 6.09. The first kappa shape index (κ1) is 21.6. The van der Waals surface area contributed by atoms with Gasteiger partial charge in [0.15, 0.2) is 5.92 Å². The van der Waals surface area contributed by atoms with Gasteiger partial charge in [0.1, 0.15) is 0 Å². The third-order valence-electron chi connectivity index (χ3n) is 6.12. The van der Waals surface area contributed by atoms with Gasteiger partial charge >= 0.3 is 11.9 Å². The Labute approximate surface area is 175 Å². The Balaban J connectivity index is 1.94. The molecule has 1 aliphatic carbocycles. The van der Waals surface area contributed by atoms with Crippen molar-refractivity contribution in [1.29, 1.82) is 0 Å². The van der Waals surface area contributed by atoms with Crippen molar-refractivity contribution < 1.29 is 24.6 Å². The van der Waals surface area contributed by atoms with Gasteiger partial charge in [-0.1, -0.05) is 45.9 Å². The Kier molecular flexibility index (Phi) is 5.46. The van der Waals surface area contributed by atoms with Crippen LogP contribution in [0.3, 0.4) is 0 Å². The Morgan fingerprint density at radius 2 is 1.43 bits per heavy atom. The third kappa shape index (κ3) is 4.08. The van der Waals surface area contributed by atoms with Gasteiger partial charge in [-0.05, 0) is 64.6 Å². The normalized spacial score (nSPS) is 17.5. The van der Waals surface area contributed by atoms with Crippen LogP contribution in [0.15, 0.2) is 42.5 Å². The molecule has 0 aromatic heterocycles. The van der Waals surface area contributed by atoms with E-state index in [0.29, 0.717) is 11.3 Å². The first-order valence-corrected chi connectivity index (χ1v) is 9.94. The number of hydrogen-bond acceptors (Lipinski definition) is 3. The fourth-order valence-electron chi connectivity index (χ4n) is 4.10. The molecule has 3 N–H and O–H groups in total. The van der Waals surface area contributed by atoms with Crippen LogP contribution >= 0.6 is 0 Å². The molecule has 0 saturated heterocycles. The summed E-state index contributed by atoms with van der Waals surface area (Å²) in [7, 11) is 0. The van der Waals surface area contributed by atoms with E-state index in [9.17, 15) is 19.5 Å². The van der Waals surface area contributed by atoms with E-state index >= 15 is 0 Å². The first-order chi connectivity index (χ1) is 13.9. The molecule has 1 atom stereocenters. The summed E-state index contributed by atoms with van der Waals surface area (Å²) in [4.78, 5) is 35.8. The Bertz CT molecular complexity index is 1000. The van der Waals surface area contributed by atoms with Crippen molar-refractivity contribution in [2.45, 2.75) is 57.3 Å². The van der Waals surface area contributed by atoms with Crippen LogP contribution in [0.5, 0.6) is 0 Å². The molecule has 0 spiro atoms. The number of nitrogens with one attached hydrogen (secondary N) is 1. The fourth-order valence-corrected chi connectivity index (χ4v) is 4.10. The van der Waals surface area contributed by atoms with E-state index in [1.807, 2.05) is 12.1 Å². The van der Waals surface area contributed by atoms with Gasteiger partial charge in [0, 0.05) is 5.69 Å². The molecule has 158 valence electrons. The average molecular weight is 409 g/mol. The number of fused-ring (bicyclic) bond motifs is 1. The first-order valence-electron chi connectivity index (χ1n) is 9.94. The lowest BCUT2D eigenvalue weighted by Gasteiger charge is -2.42. The lowest BCUT2D eigenvalue weighted by Crippen LogP contribution is -2.34. The van der Waals surface area contributed by atoms with E-state index < -0.39 is 23.8 Å². The largest absolute Gasteiger partial charge is 0.480 e. The van der Waals surface area contributed by atoms with E-state index in [1.165, 1.54) is 29.8 Å². The lowest BCUT2D eigenvalue weighted by atomic mass is 9.62. The second-order valence-corrected chi connectivity index (χ2v) is 9.22. The number of aliphatic carboxylic acids is 1. The molecule has 2 aromatic carbocycles. The summed E-state index contributed by atoms with van der Waals surface area (Å²) < 4.78 is 0. The van der Waals surface area contributed by atoms with Crippen molar-refractivity contribution in [2.24, 2.45) is 0 Å². The van der Waals surface area contributed by atoms with E-state index in [0.717, 1.165) is 18.4 Å². The molecule has 1 amide bonds. The summed E-state index contributed by atoms with van der Waals surface area (Å²) in [5, 5.41) is 21.4. The molecule has 0 saturated carbocycles. The van der Waals surface area contributed by atoms with Gasteiger partial charge in [-0.25, -0.2) is 4.79 Å². The molecule has 3 rings (SSSR count).